The number of piperazine rings is 1. The Labute approximate surface area is 115 Å². The highest BCUT2D eigenvalue weighted by Gasteiger charge is 2.34. The summed E-state index contributed by atoms with van der Waals surface area (Å²) >= 11 is 0. The molecule has 3 amide bonds. The molecule has 1 aliphatic rings. The molecular formula is C12H15N5O3. The smallest absolute Gasteiger partial charge is 0.275 e. The Kier molecular flexibility index (Phi) is 3.92. The fourth-order valence-corrected chi connectivity index (χ4v) is 1.82. The van der Waals surface area contributed by atoms with E-state index in [-0.39, 0.29) is 12.2 Å². The van der Waals surface area contributed by atoms with E-state index in [1.807, 2.05) is 6.92 Å². The van der Waals surface area contributed by atoms with Crippen LogP contribution in [0.3, 0.4) is 0 Å². The number of hydrogen-bond acceptors (Lipinski definition) is 6. The van der Waals surface area contributed by atoms with Gasteiger partial charge in [0.25, 0.3) is 5.91 Å². The number of imide groups is 1. The van der Waals surface area contributed by atoms with E-state index in [4.69, 9.17) is 0 Å². The molecule has 0 aliphatic carbocycles. The summed E-state index contributed by atoms with van der Waals surface area (Å²) in [7, 11) is 0. The van der Waals surface area contributed by atoms with Gasteiger partial charge in [0.05, 0.1) is 12.4 Å². The third-order valence-corrected chi connectivity index (χ3v) is 2.91. The summed E-state index contributed by atoms with van der Waals surface area (Å²) in [5.41, 5.74) is 0.0982. The van der Waals surface area contributed by atoms with Crippen LogP contribution < -0.4 is 10.6 Å². The summed E-state index contributed by atoms with van der Waals surface area (Å²) in [5.74, 6) is -0.925. The zero-order valence-electron chi connectivity index (χ0n) is 11.2. The molecule has 1 aromatic heterocycles. The zero-order chi connectivity index (χ0) is 14.7. The second-order valence-electron chi connectivity index (χ2n) is 4.34. The van der Waals surface area contributed by atoms with Crippen molar-refractivity contribution >= 4 is 23.5 Å². The molecule has 1 atom stereocenters. The Hall–Kier alpha value is -2.51. The number of amides is 3. The SMILES string of the molecule is CCNc1cnc(C(=O)N2CC(=O)NC(=O)C2C)cn1. The quantitative estimate of drug-likeness (QED) is 0.715. The molecule has 8 heteroatoms. The van der Waals surface area contributed by atoms with Gasteiger partial charge in [-0.2, -0.15) is 0 Å². The lowest BCUT2D eigenvalue weighted by Crippen LogP contribution is -2.58. The molecule has 0 bridgehead atoms. The van der Waals surface area contributed by atoms with Crippen molar-refractivity contribution in [1.82, 2.24) is 20.2 Å². The van der Waals surface area contributed by atoms with Crippen LogP contribution in [0.15, 0.2) is 12.4 Å². The topological polar surface area (TPSA) is 104 Å². The Morgan fingerprint density at radius 3 is 2.80 bits per heavy atom. The highest BCUT2D eigenvalue weighted by atomic mass is 16.2. The van der Waals surface area contributed by atoms with Gasteiger partial charge in [-0.15, -0.1) is 0 Å². The Morgan fingerprint density at radius 2 is 2.20 bits per heavy atom. The molecular weight excluding hydrogens is 262 g/mol. The molecule has 0 aromatic carbocycles. The van der Waals surface area contributed by atoms with Crippen LogP contribution in [0.5, 0.6) is 0 Å². The summed E-state index contributed by atoms with van der Waals surface area (Å²) in [6, 6.07) is -0.713. The molecule has 20 heavy (non-hydrogen) atoms. The highest BCUT2D eigenvalue weighted by Crippen LogP contribution is 2.10. The van der Waals surface area contributed by atoms with Gasteiger partial charge >= 0.3 is 0 Å². The van der Waals surface area contributed by atoms with Crippen LogP contribution in [0.2, 0.25) is 0 Å². The lowest BCUT2D eigenvalue weighted by atomic mass is 10.2. The molecule has 8 nitrogen and oxygen atoms in total. The lowest BCUT2D eigenvalue weighted by Gasteiger charge is -2.31. The lowest BCUT2D eigenvalue weighted by molar-refractivity contribution is -0.138. The number of hydrogen-bond donors (Lipinski definition) is 2. The molecule has 2 rings (SSSR count). The van der Waals surface area contributed by atoms with Crippen molar-refractivity contribution in [3.8, 4) is 0 Å². The van der Waals surface area contributed by atoms with Gasteiger partial charge in [0.15, 0.2) is 0 Å². The van der Waals surface area contributed by atoms with Crippen LogP contribution in [-0.2, 0) is 9.59 Å². The van der Waals surface area contributed by atoms with Gasteiger partial charge < -0.3 is 10.2 Å². The standard InChI is InChI=1S/C12H15N5O3/c1-3-13-9-5-14-8(4-15-9)12(20)17-6-10(18)16-11(19)7(17)2/h4-5,7H,3,6H2,1-2H3,(H,13,15)(H,16,18,19). The first-order valence-electron chi connectivity index (χ1n) is 6.23. The number of anilines is 1. The third-order valence-electron chi connectivity index (χ3n) is 2.91. The van der Waals surface area contributed by atoms with Gasteiger partial charge in [-0.3, -0.25) is 19.7 Å². The maximum absolute atomic E-state index is 12.2. The summed E-state index contributed by atoms with van der Waals surface area (Å²) in [4.78, 5) is 44.3. The maximum Gasteiger partial charge on any atom is 0.275 e. The number of nitrogens with zero attached hydrogens (tertiary/aromatic N) is 3. The molecule has 0 radical (unpaired) electrons. The number of rotatable bonds is 3. The normalized spacial score (nSPS) is 18.7. The van der Waals surface area contributed by atoms with Crippen LogP contribution >= 0.6 is 0 Å². The molecule has 0 spiro atoms. The fraction of sp³-hybridized carbons (Fsp3) is 0.417. The van der Waals surface area contributed by atoms with E-state index < -0.39 is 23.8 Å². The summed E-state index contributed by atoms with van der Waals surface area (Å²) < 4.78 is 0. The fourth-order valence-electron chi connectivity index (χ4n) is 1.82. The molecule has 106 valence electrons. The molecule has 2 heterocycles. The minimum atomic E-state index is -0.713. The number of carbonyl (C=O) groups is 3. The first kappa shape index (κ1) is 13.9. The van der Waals surface area contributed by atoms with Crippen molar-refractivity contribution in [3.63, 3.8) is 0 Å². The van der Waals surface area contributed by atoms with E-state index in [1.54, 1.807) is 6.92 Å². The van der Waals surface area contributed by atoms with Gasteiger partial charge in [-0.1, -0.05) is 0 Å². The van der Waals surface area contributed by atoms with Crippen LogP contribution in [0.25, 0.3) is 0 Å². The van der Waals surface area contributed by atoms with Crippen molar-refractivity contribution in [1.29, 1.82) is 0 Å². The average Bonchev–Trinajstić information content (AvgIpc) is 2.43. The number of aromatic nitrogens is 2. The Morgan fingerprint density at radius 1 is 1.45 bits per heavy atom. The van der Waals surface area contributed by atoms with Gasteiger partial charge in [-0.25, -0.2) is 9.97 Å². The second kappa shape index (κ2) is 5.64. The molecule has 1 saturated heterocycles. The summed E-state index contributed by atoms with van der Waals surface area (Å²) in [5, 5.41) is 5.13. The summed E-state index contributed by atoms with van der Waals surface area (Å²) in [6.45, 7) is 4.00. The first-order valence-corrected chi connectivity index (χ1v) is 6.23. The molecule has 1 aliphatic heterocycles. The van der Waals surface area contributed by atoms with Crippen LogP contribution in [0, 0.1) is 0 Å². The molecule has 1 aromatic rings. The van der Waals surface area contributed by atoms with Gasteiger partial charge in [0.2, 0.25) is 11.8 Å². The highest BCUT2D eigenvalue weighted by molar-refractivity contribution is 6.06. The predicted octanol–water partition coefficient (Wildman–Crippen LogP) is -0.604. The summed E-state index contributed by atoms with van der Waals surface area (Å²) in [6.07, 6.45) is 2.76. The van der Waals surface area contributed by atoms with Crippen molar-refractivity contribution in [2.45, 2.75) is 19.9 Å². The van der Waals surface area contributed by atoms with Crippen LogP contribution in [0.1, 0.15) is 24.3 Å². The predicted molar refractivity (Wildman–Crippen MR) is 69.8 cm³/mol. The van der Waals surface area contributed by atoms with E-state index in [9.17, 15) is 14.4 Å². The number of nitrogens with one attached hydrogen (secondary N) is 2. The van der Waals surface area contributed by atoms with Crippen molar-refractivity contribution < 1.29 is 14.4 Å². The third kappa shape index (κ3) is 2.73. The molecule has 1 unspecified atom stereocenters. The van der Waals surface area contributed by atoms with E-state index in [0.717, 1.165) is 0 Å². The zero-order valence-corrected chi connectivity index (χ0v) is 11.2. The minimum Gasteiger partial charge on any atom is -0.369 e. The maximum atomic E-state index is 12.2. The van der Waals surface area contributed by atoms with Crippen molar-refractivity contribution in [2.75, 3.05) is 18.4 Å². The van der Waals surface area contributed by atoms with Crippen LogP contribution in [-0.4, -0.2) is 51.7 Å². The van der Waals surface area contributed by atoms with Crippen molar-refractivity contribution in [2.24, 2.45) is 0 Å². The van der Waals surface area contributed by atoms with Gasteiger partial charge in [0, 0.05) is 6.54 Å². The molecule has 1 fully saturated rings. The molecule has 2 N–H and O–H groups in total. The van der Waals surface area contributed by atoms with E-state index in [0.29, 0.717) is 12.4 Å². The Balaban J connectivity index is 2.17. The van der Waals surface area contributed by atoms with Crippen LogP contribution in [0.4, 0.5) is 5.82 Å². The molecule has 0 saturated carbocycles. The van der Waals surface area contributed by atoms with Gasteiger partial charge in [-0.05, 0) is 13.8 Å². The first-order chi connectivity index (χ1) is 9.52. The van der Waals surface area contributed by atoms with E-state index in [1.165, 1.54) is 17.3 Å². The second-order valence-corrected chi connectivity index (χ2v) is 4.34. The van der Waals surface area contributed by atoms with Gasteiger partial charge in [0.1, 0.15) is 24.1 Å². The van der Waals surface area contributed by atoms with E-state index >= 15 is 0 Å². The number of carbonyl (C=O) groups excluding carboxylic acids is 3. The average molecular weight is 277 g/mol. The minimum absolute atomic E-state index is 0.0982. The van der Waals surface area contributed by atoms with E-state index in [2.05, 4.69) is 20.6 Å². The Bertz CT molecular complexity index is 543. The monoisotopic (exact) mass is 277 g/mol. The largest absolute Gasteiger partial charge is 0.369 e. The van der Waals surface area contributed by atoms with Crippen molar-refractivity contribution in [3.05, 3.63) is 18.1 Å².